The number of fused-ring (bicyclic) bond motifs is 1. The van der Waals surface area contributed by atoms with Crippen LogP contribution in [-0.2, 0) is 6.54 Å². The summed E-state index contributed by atoms with van der Waals surface area (Å²) in [4.78, 5) is 16.2. The lowest BCUT2D eigenvalue weighted by Crippen LogP contribution is -2.45. The maximum Gasteiger partial charge on any atom is 0.337 e. The molecule has 0 unspecified atom stereocenters. The van der Waals surface area contributed by atoms with E-state index in [1.54, 1.807) is 7.11 Å². The molecule has 0 N–H and O–H groups in total. The van der Waals surface area contributed by atoms with Gasteiger partial charge in [-0.2, -0.15) is 0 Å². The summed E-state index contributed by atoms with van der Waals surface area (Å²) in [5.74, 6) is 0.878. The molecule has 3 aromatic rings. The van der Waals surface area contributed by atoms with Gasteiger partial charge in [0.15, 0.2) is 0 Å². The van der Waals surface area contributed by atoms with E-state index in [1.165, 1.54) is 11.8 Å². The van der Waals surface area contributed by atoms with E-state index in [-0.39, 0.29) is 0 Å². The van der Waals surface area contributed by atoms with Crippen LogP contribution in [0.2, 0.25) is 5.02 Å². The Kier molecular flexibility index (Phi) is 5.05. The lowest BCUT2D eigenvalue weighted by Gasteiger charge is -2.36. The zero-order valence-corrected chi connectivity index (χ0v) is 15.9. The van der Waals surface area contributed by atoms with Crippen molar-refractivity contribution >= 4 is 28.3 Å². The molecule has 0 amide bonds. The molecule has 1 fully saturated rings. The topological polar surface area (TPSA) is 45.9 Å². The molecular formula is C21H21ClN2O3. The van der Waals surface area contributed by atoms with Gasteiger partial charge in [0.25, 0.3) is 0 Å². The van der Waals surface area contributed by atoms with E-state index in [1.807, 2.05) is 30.3 Å². The summed E-state index contributed by atoms with van der Waals surface area (Å²) in [5.41, 5.74) is 2.49. The Hall–Kier alpha value is -2.50. The monoisotopic (exact) mass is 384 g/mol. The zero-order valence-electron chi connectivity index (χ0n) is 15.2. The largest absolute Gasteiger partial charge is 0.497 e. The number of hydrogen-bond acceptors (Lipinski definition) is 5. The number of nitrogens with zero attached hydrogens (tertiary/aromatic N) is 2. The van der Waals surface area contributed by atoms with E-state index in [0.29, 0.717) is 10.6 Å². The van der Waals surface area contributed by atoms with Gasteiger partial charge in [0.2, 0.25) is 0 Å². The van der Waals surface area contributed by atoms with Gasteiger partial charge in [0.1, 0.15) is 11.3 Å². The van der Waals surface area contributed by atoms with E-state index in [9.17, 15) is 4.79 Å². The molecule has 0 spiro atoms. The Morgan fingerprint density at radius 1 is 1.04 bits per heavy atom. The van der Waals surface area contributed by atoms with Gasteiger partial charge in [-0.15, -0.1) is 0 Å². The van der Waals surface area contributed by atoms with Crippen molar-refractivity contribution in [3.63, 3.8) is 0 Å². The highest BCUT2D eigenvalue weighted by Crippen LogP contribution is 2.24. The van der Waals surface area contributed by atoms with Gasteiger partial charge in [-0.05, 0) is 42.0 Å². The highest BCUT2D eigenvalue weighted by molar-refractivity contribution is 6.35. The molecule has 0 radical (unpaired) electrons. The first-order chi connectivity index (χ1) is 13.1. The van der Waals surface area contributed by atoms with Crippen LogP contribution >= 0.6 is 11.6 Å². The van der Waals surface area contributed by atoms with Crippen LogP contribution in [0.4, 0.5) is 5.69 Å². The van der Waals surface area contributed by atoms with Crippen LogP contribution in [-0.4, -0.2) is 38.2 Å². The van der Waals surface area contributed by atoms with Gasteiger partial charge in [0.05, 0.1) is 12.1 Å². The van der Waals surface area contributed by atoms with Crippen LogP contribution in [0.25, 0.3) is 11.0 Å². The van der Waals surface area contributed by atoms with Gasteiger partial charge < -0.3 is 14.1 Å². The van der Waals surface area contributed by atoms with Gasteiger partial charge >= 0.3 is 5.63 Å². The zero-order chi connectivity index (χ0) is 18.8. The summed E-state index contributed by atoms with van der Waals surface area (Å²) in [6.07, 6.45) is 0. The maximum absolute atomic E-state index is 11.4. The van der Waals surface area contributed by atoms with Crippen LogP contribution in [0, 0.1) is 0 Å². The molecule has 0 saturated carbocycles. The van der Waals surface area contributed by atoms with Crippen LogP contribution < -0.4 is 15.3 Å². The van der Waals surface area contributed by atoms with Gasteiger partial charge in [-0.1, -0.05) is 17.7 Å². The molecule has 1 aromatic heterocycles. The number of methoxy groups -OCH3 is 1. The predicted octanol–water partition coefficient (Wildman–Crippen LogP) is 3.78. The standard InChI is InChI=1S/C21H21ClN2O3/c1-26-17-5-3-16(4-6-17)24-10-8-23(9-11-24)14-15-2-7-20-18(12-15)19(22)13-21(25)27-20/h2-7,12-13H,8-11,14H2,1H3. The van der Waals surface area contributed by atoms with Crippen molar-refractivity contribution in [3.8, 4) is 5.75 Å². The number of piperazine rings is 1. The second kappa shape index (κ2) is 7.62. The highest BCUT2D eigenvalue weighted by Gasteiger charge is 2.18. The van der Waals surface area contributed by atoms with E-state index in [0.717, 1.165) is 49.4 Å². The molecule has 140 valence electrons. The lowest BCUT2D eigenvalue weighted by molar-refractivity contribution is 0.250. The van der Waals surface area contributed by atoms with Crippen molar-refractivity contribution < 1.29 is 9.15 Å². The molecule has 2 aromatic carbocycles. The third-order valence-electron chi connectivity index (χ3n) is 4.97. The molecule has 6 heteroatoms. The van der Waals surface area contributed by atoms with Crippen LogP contribution in [0.3, 0.4) is 0 Å². The van der Waals surface area contributed by atoms with Gasteiger partial charge in [0, 0.05) is 49.9 Å². The number of anilines is 1. The van der Waals surface area contributed by atoms with Crippen LogP contribution in [0.1, 0.15) is 5.56 Å². The van der Waals surface area contributed by atoms with Crippen LogP contribution in [0.5, 0.6) is 5.75 Å². The SMILES string of the molecule is COc1ccc(N2CCN(Cc3ccc4oc(=O)cc(Cl)c4c3)CC2)cc1. The molecule has 5 nitrogen and oxygen atoms in total. The molecule has 0 bridgehead atoms. The fourth-order valence-electron chi connectivity index (χ4n) is 3.49. The first kappa shape index (κ1) is 17.9. The second-order valence-corrected chi connectivity index (χ2v) is 7.11. The Bertz CT molecular complexity index is 992. The summed E-state index contributed by atoms with van der Waals surface area (Å²) in [6.45, 7) is 4.79. The first-order valence-corrected chi connectivity index (χ1v) is 9.34. The average molecular weight is 385 g/mol. The van der Waals surface area contributed by atoms with E-state index in [4.69, 9.17) is 20.8 Å². The Morgan fingerprint density at radius 3 is 2.48 bits per heavy atom. The van der Waals surface area contributed by atoms with Crippen LogP contribution in [0.15, 0.2) is 57.7 Å². The summed E-state index contributed by atoms with van der Waals surface area (Å²) in [7, 11) is 1.68. The van der Waals surface area contributed by atoms with Crippen molar-refractivity contribution in [2.24, 2.45) is 0 Å². The minimum absolute atomic E-state index is 0.421. The van der Waals surface area contributed by atoms with E-state index < -0.39 is 5.63 Å². The number of ether oxygens (including phenoxy) is 1. The summed E-state index contributed by atoms with van der Waals surface area (Å²) in [6, 6.07) is 15.4. The molecule has 0 atom stereocenters. The minimum atomic E-state index is -0.421. The van der Waals surface area contributed by atoms with Crippen molar-refractivity contribution in [1.82, 2.24) is 4.90 Å². The van der Waals surface area contributed by atoms with Crippen molar-refractivity contribution in [1.29, 1.82) is 0 Å². The van der Waals surface area contributed by atoms with Crippen molar-refractivity contribution in [3.05, 3.63) is 69.5 Å². The Morgan fingerprint density at radius 2 is 1.78 bits per heavy atom. The van der Waals surface area contributed by atoms with Crippen molar-refractivity contribution in [2.75, 3.05) is 38.2 Å². The molecule has 4 rings (SSSR count). The molecule has 1 saturated heterocycles. The quantitative estimate of drug-likeness (QED) is 0.640. The number of halogens is 1. The maximum atomic E-state index is 11.4. The van der Waals surface area contributed by atoms with E-state index >= 15 is 0 Å². The minimum Gasteiger partial charge on any atom is -0.497 e. The Balaban J connectivity index is 1.41. The number of benzene rings is 2. The predicted molar refractivity (Wildman–Crippen MR) is 108 cm³/mol. The van der Waals surface area contributed by atoms with Crippen molar-refractivity contribution in [2.45, 2.75) is 6.54 Å². The summed E-state index contributed by atoms with van der Waals surface area (Å²) < 4.78 is 10.4. The molecule has 1 aliphatic heterocycles. The number of hydrogen-bond donors (Lipinski definition) is 0. The average Bonchev–Trinajstić information content (AvgIpc) is 2.69. The fraction of sp³-hybridized carbons (Fsp3) is 0.286. The summed E-state index contributed by atoms with van der Waals surface area (Å²) in [5, 5.41) is 1.22. The Labute approximate surface area is 162 Å². The van der Waals surface area contributed by atoms with Gasteiger partial charge in [-0.25, -0.2) is 4.79 Å². The molecule has 1 aliphatic rings. The molecular weight excluding hydrogens is 364 g/mol. The number of rotatable bonds is 4. The third kappa shape index (κ3) is 3.94. The van der Waals surface area contributed by atoms with E-state index in [2.05, 4.69) is 21.9 Å². The highest BCUT2D eigenvalue weighted by atomic mass is 35.5. The lowest BCUT2D eigenvalue weighted by atomic mass is 10.1. The summed E-state index contributed by atoms with van der Waals surface area (Å²) >= 11 is 6.20. The fourth-order valence-corrected chi connectivity index (χ4v) is 3.72. The second-order valence-electron chi connectivity index (χ2n) is 6.71. The molecule has 2 heterocycles. The first-order valence-electron chi connectivity index (χ1n) is 8.96. The normalized spacial score (nSPS) is 15.3. The molecule has 27 heavy (non-hydrogen) atoms. The smallest absolute Gasteiger partial charge is 0.337 e. The molecule has 0 aliphatic carbocycles. The van der Waals surface area contributed by atoms with Gasteiger partial charge in [-0.3, -0.25) is 4.90 Å². The third-order valence-corrected chi connectivity index (χ3v) is 5.29.